The lowest BCUT2D eigenvalue weighted by atomic mass is 9.91. The lowest BCUT2D eigenvalue weighted by Crippen LogP contribution is -2.30. The predicted molar refractivity (Wildman–Crippen MR) is 120 cm³/mol. The summed E-state index contributed by atoms with van der Waals surface area (Å²) in [4.78, 5) is 61.6. The number of halogens is 1. The summed E-state index contributed by atoms with van der Waals surface area (Å²) in [7, 11) is 0.972. The molecule has 0 spiro atoms. The third kappa shape index (κ3) is 4.65. The number of aliphatic imine (C=N–C) groups is 1. The van der Waals surface area contributed by atoms with Crippen LogP contribution in [0.25, 0.3) is 0 Å². The number of esters is 1. The molecule has 0 radical (unpaired) electrons. The van der Waals surface area contributed by atoms with Crippen molar-refractivity contribution in [2.45, 2.75) is 5.92 Å². The number of nitrogens with one attached hydrogen (secondary N) is 1. The highest BCUT2D eigenvalue weighted by Gasteiger charge is 2.41. The van der Waals surface area contributed by atoms with Crippen molar-refractivity contribution in [3.63, 3.8) is 0 Å². The molecule has 0 saturated carbocycles. The molecule has 13 nitrogen and oxygen atoms in total. The van der Waals surface area contributed by atoms with Crippen molar-refractivity contribution in [3.8, 4) is 5.88 Å². The van der Waals surface area contributed by atoms with Gasteiger partial charge in [-0.05, 0) is 36.4 Å². The number of aromatic nitrogens is 3. The Hall–Kier alpha value is -4.78. The van der Waals surface area contributed by atoms with Gasteiger partial charge in [0, 0.05) is 28.7 Å². The van der Waals surface area contributed by atoms with Gasteiger partial charge >= 0.3 is 12.0 Å². The second kappa shape index (κ2) is 9.61. The van der Waals surface area contributed by atoms with Crippen molar-refractivity contribution >= 4 is 52.8 Å². The maximum atomic E-state index is 13.1. The van der Waals surface area contributed by atoms with Crippen LogP contribution in [-0.2, 0) is 14.3 Å². The van der Waals surface area contributed by atoms with Gasteiger partial charge in [-0.15, -0.1) is 10.2 Å². The number of hydrogen-bond acceptors (Lipinski definition) is 9. The number of anilines is 1. The fraction of sp³-hybridized carbons (Fsp3) is 0.0952. The molecule has 1 atom stereocenters. The summed E-state index contributed by atoms with van der Waals surface area (Å²) in [6.07, 6.45) is 2.64. The first kappa shape index (κ1) is 23.4. The minimum atomic E-state index is -1.86. The molecule has 14 heteroatoms. The number of methoxy groups -OCH3 is 1. The van der Waals surface area contributed by atoms with E-state index in [4.69, 9.17) is 11.6 Å². The van der Waals surface area contributed by atoms with Crippen LogP contribution in [0.4, 0.5) is 16.4 Å². The first-order valence-electron chi connectivity index (χ1n) is 9.75. The van der Waals surface area contributed by atoms with Crippen LogP contribution in [0, 0.1) is 0 Å². The first-order chi connectivity index (χ1) is 16.8. The van der Waals surface area contributed by atoms with Gasteiger partial charge < -0.3 is 15.2 Å². The number of amides is 2. The maximum Gasteiger partial charge on any atom is 0.375 e. The van der Waals surface area contributed by atoms with E-state index >= 15 is 0 Å². The largest absolute Gasteiger partial charge is 0.493 e. The Morgan fingerprint density at radius 2 is 1.77 bits per heavy atom. The second-order valence-corrected chi connectivity index (χ2v) is 7.33. The minimum Gasteiger partial charge on any atom is -0.493 e. The van der Waals surface area contributed by atoms with E-state index in [9.17, 15) is 24.3 Å². The van der Waals surface area contributed by atoms with Crippen LogP contribution in [0.5, 0.6) is 5.88 Å². The molecular weight excluding hydrogens is 482 g/mol. The van der Waals surface area contributed by atoms with Crippen LogP contribution in [0.3, 0.4) is 0 Å². The van der Waals surface area contributed by atoms with Crippen molar-refractivity contribution in [2.24, 2.45) is 15.2 Å². The van der Waals surface area contributed by atoms with Crippen LogP contribution in [0.2, 0.25) is 5.02 Å². The number of azo groups is 1. The summed E-state index contributed by atoms with van der Waals surface area (Å²) in [5.41, 5.74) is -0.0597. The molecule has 0 aliphatic carbocycles. The molecule has 4 rings (SSSR count). The molecule has 3 aromatic rings. The molecule has 2 amide bonds. The highest BCUT2D eigenvalue weighted by molar-refractivity contribution is 6.41. The highest BCUT2D eigenvalue weighted by atomic mass is 35.5. The fourth-order valence-electron chi connectivity index (χ4n) is 3.11. The second-order valence-electron chi connectivity index (χ2n) is 6.89. The highest BCUT2D eigenvalue weighted by Crippen LogP contribution is 2.36. The number of urea groups is 1. The number of aromatic hydroxyl groups is 1. The summed E-state index contributed by atoms with van der Waals surface area (Å²) in [6.45, 7) is 0. The van der Waals surface area contributed by atoms with Crippen molar-refractivity contribution < 1.29 is 29.0 Å². The lowest BCUT2D eigenvalue weighted by Gasteiger charge is -2.12. The van der Waals surface area contributed by atoms with E-state index in [0.717, 1.165) is 11.7 Å². The fourth-order valence-corrected chi connectivity index (χ4v) is 3.24. The molecule has 3 heterocycles. The van der Waals surface area contributed by atoms with Crippen molar-refractivity contribution in [1.82, 2.24) is 14.5 Å². The monoisotopic (exact) mass is 495 g/mol. The zero-order valence-corrected chi connectivity index (χ0v) is 18.5. The average Bonchev–Trinajstić information content (AvgIpc) is 3.40. The van der Waals surface area contributed by atoms with E-state index in [-0.39, 0.29) is 17.5 Å². The zero-order chi connectivity index (χ0) is 25.1. The molecule has 1 aliphatic heterocycles. The normalized spacial score (nSPS) is 13.8. The van der Waals surface area contributed by atoms with Gasteiger partial charge in [0.05, 0.1) is 7.11 Å². The molecule has 35 heavy (non-hydrogen) atoms. The third-order valence-electron chi connectivity index (χ3n) is 4.74. The number of carbonyl (C=O) groups is 4. The zero-order valence-electron chi connectivity index (χ0n) is 17.7. The molecule has 2 aromatic heterocycles. The Balaban J connectivity index is 1.69. The number of ether oxygens (including phenoxy) is 1. The Bertz CT molecular complexity index is 1400. The number of fused-ring (bicyclic) bond motifs is 1. The van der Waals surface area contributed by atoms with E-state index < -0.39 is 41.1 Å². The van der Waals surface area contributed by atoms with E-state index in [2.05, 4.69) is 35.2 Å². The van der Waals surface area contributed by atoms with E-state index in [1.165, 1.54) is 24.5 Å². The number of pyridine rings is 1. The molecule has 0 bridgehead atoms. The number of imidazole rings is 1. The predicted octanol–water partition coefficient (Wildman–Crippen LogP) is 2.88. The number of ketones is 2. The molecular formula is C21H14ClN7O6. The SMILES string of the molecule is COC(=O)C(=O)[C@@H](C(=O)c1ccncc1)c1nc2n(c1O)C(=NC(=O)Nc1ccc(Cl)cc1)N=N2. The van der Waals surface area contributed by atoms with Crippen LogP contribution < -0.4 is 5.32 Å². The lowest BCUT2D eigenvalue weighted by molar-refractivity contribution is -0.151. The smallest absolute Gasteiger partial charge is 0.375 e. The summed E-state index contributed by atoms with van der Waals surface area (Å²) in [5.74, 6) is -6.69. The van der Waals surface area contributed by atoms with Crippen molar-refractivity contribution in [1.29, 1.82) is 0 Å². The topological polar surface area (TPSA) is 178 Å². The summed E-state index contributed by atoms with van der Waals surface area (Å²) in [6, 6.07) is 8.00. The number of carbonyl (C=O) groups excluding carboxylic acids is 4. The Labute approximate surface area is 201 Å². The molecule has 176 valence electrons. The first-order valence-corrected chi connectivity index (χ1v) is 10.1. The molecule has 0 unspecified atom stereocenters. The van der Waals surface area contributed by atoms with Gasteiger partial charge in [0.25, 0.3) is 17.7 Å². The van der Waals surface area contributed by atoms with Gasteiger partial charge in [-0.3, -0.25) is 14.6 Å². The van der Waals surface area contributed by atoms with Crippen LogP contribution in [0.15, 0.2) is 64.0 Å². The van der Waals surface area contributed by atoms with E-state index in [1.54, 1.807) is 24.3 Å². The number of nitrogens with zero attached hydrogens (tertiary/aromatic N) is 6. The van der Waals surface area contributed by atoms with Crippen LogP contribution >= 0.6 is 11.6 Å². The molecule has 0 fully saturated rings. The Morgan fingerprint density at radius 3 is 2.43 bits per heavy atom. The van der Waals surface area contributed by atoms with Crippen molar-refractivity contribution in [2.75, 3.05) is 12.4 Å². The maximum absolute atomic E-state index is 13.1. The van der Waals surface area contributed by atoms with Crippen LogP contribution in [0.1, 0.15) is 22.0 Å². The quantitative estimate of drug-likeness (QED) is 0.227. The number of hydrogen-bond donors (Lipinski definition) is 2. The number of rotatable bonds is 6. The third-order valence-corrected chi connectivity index (χ3v) is 4.99. The Morgan fingerprint density at radius 1 is 1.09 bits per heavy atom. The van der Waals surface area contributed by atoms with Crippen molar-refractivity contribution in [3.05, 3.63) is 65.1 Å². The van der Waals surface area contributed by atoms with Gasteiger partial charge in [0.1, 0.15) is 11.6 Å². The van der Waals surface area contributed by atoms with E-state index in [1.807, 2.05) is 0 Å². The number of benzene rings is 1. The molecule has 1 aromatic carbocycles. The summed E-state index contributed by atoms with van der Waals surface area (Å²) < 4.78 is 5.31. The molecule has 0 saturated heterocycles. The van der Waals surface area contributed by atoms with Gasteiger partial charge in [0.2, 0.25) is 5.88 Å². The standard InChI is InChI=1S/C21H14ClN7O6/c1-35-18(33)16(31)13(15(30)10-6-8-23-9-7-10)14-17(32)29-19(25-14)27-28-20(29)26-21(34)24-12-4-2-11(22)3-5-12/h2-9,13,32H,1H3,(H,24,34)/t13-/m1/s1. The molecule has 1 aliphatic rings. The van der Waals surface area contributed by atoms with Crippen LogP contribution in [-0.4, -0.2) is 56.3 Å². The number of Topliss-reactive ketones (excluding diaryl/α,β-unsaturated/α-hetero) is 2. The van der Waals surface area contributed by atoms with Gasteiger partial charge in [-0.25, -0.2) is 19.1 Å². The van der Waals surface area contributed by atoms with Gasteiger partial charge in [0.15, 0.2) is 5.78 Å². The molecule has 2 N–H and O–H groups in total. The summed E-state index contributed by atoms with van der Waals surface area (Å²) in [5, 5.41) is 21.2. The summed E-state index contributed by atoms with van der Waals surface area (Å²) >= 11 is 5.81. The van der Waals surface area contributed by atoms with E-state index in [0.29, 0.717) is 10.7 Å². The average molecular weight is 496 g/mol. The minimum absolute atomic E-state index is 0.0349. The van der Waals surface area contributed by atoms with Gasteiger partial charge in [-0.1, -0.05) is 11.6 Å². The van der Waals surface area contributed by atoms with Gasteiger partial charge in [-0.2, -0.15) is 4.99 Å². The Kier molecular flexibility index (Phi) is 6.42.